The van der Waals surface area contributed by atoms with Gasteiger partial charge in [0, 0.05) is 0 Å². The molecule has 0 saturated carbocycles. The zero-order valence-corrected chi connectivity index (χ0v) is 10.6. The van der Waals surface area contributed by atoms with Crippen LogP contribution in [-0.4, -0.2) is 24.5 Å². The minimum Gasteiger partial charge on any atom is -0.361 e. The number of hydrogen-bond donors (Lipinski definition) is 0. The molecule has 0 aromatic heterocycles. The summed E-state index contributed by atoms with van der Waals surface area (Å²) in [6, 6.07) is 5.94. The van der Waals surface area contributed by atoms with Crippen LogP contribution in [0, 0.1) is 13.8 Å². The van der Waals surface area contributed by atoms with Crippen LogP contribution in [0.3, 0.4) is 0 Å². The maximum Gasteiger partial charge on any atom is 0.370 e. The van der Waals surface area contributed by atoms with Crippen LogP contribution in [0.5, 0.6) is 0 Å². The fourth-order valence-electron chi connectivity index (χ4n) is 1.44. The average Bonchev–Trinajstić information content (AvgIpc) is 2.21. The molecular formula is C12H14N2O2S. The van der Waals surface area contributed by atoms with Crippen molar-refractivity contribution in [3.8, 4) is 0 Å². The lowest BCUT2D eigenvalue weighted by molar-refractivity contribution is 0.00756. The molecule has 0 N–H and O–H groups in total. The molecule has 1 aromatic rings. The Hall–Kier alpha value is -1.71. The molecule has 5 heteroatoms. The van der Waals surface area contributed by atoms with Crippen molar-refractivity contribution in [1.82, 2.24) is 0 Å². The van der Waals surface area contributed by atoms with Gasteiger partial charge in [0.05, 0.1) is 5.75 Å². The first-order valence-electron chi connectivity index (χ1n) is 5.08. The van der Waals surface area contributed by atoms with Gasteiger partial charge in [-0.15, -0.1) is 0 Å². The number of rotatable bonds is 4. The van der Waals surface area contributed by atoms with Gasteiger partial charge in [-0.25, -0.2) is 8.42 Å². The normalized spacial score (nSPS) is 11.4. The second kappa shape index (κ2) is 5.57. The van der Waals surface area contributed by atoms with Crippen molar-refractivity contribution in [2.75, 3.05) is 5.75 Å². The number of sulfone groups is 1. The fourth-order valence-corrected chi connectivity index (χ4v) is 2.03. The molecule has 0 saturated heterocycles. The summed E-state index contributed by atoms with van der Waals surface area (Å²) >= 11 is 0. The van der Waals surface area contributed by atoms with Crippen LogP contribution in [0.2, 0.25) is 0 Å². The van der Waals surface area contributed by atoms with Crippen LogP contribution in [0.4, 0.5) is 0 Å². The van der Waals surface area contributed by atoms with Gasteiger partial charge in [0.2, 0.25) is 9.84 Å². The first kappa shape index (κ1) is 13.4. The predicted molar refractivity (Wildman–Crippen MR) is 68.4 cm³/mol. The molecule has 0 radical (unpaired) electrons. The second-order valence-corrected chi connectivity index (χ2v) is 5.68. The summed E-state index contributed by atoms with van der Waals surface area (Å²) < 4.78 is 22.4. The Balaban J connectivity index is 2.82. The third-order valence-corrected chi connectivity index (χ3v) is 3.33. The molecule has 90 valence electrons. The standard InChI is InChI=1S/C12H14N2O2S/c1-10-5-6-12(11(2)8-10)4-3-7-17(15,16)9-14-13/h3-6,8-9H,7H2,1-2H3. The minimum atomic E-state index is -3.45. The quantitative estimate of drug-likeness (QED) is 0.355. The molecule has 17 heavy (non-hydrogen) atoms. The predicted octanol–water partition coefficient (Wildman–Crippen LogP) is 1.99. The molecule has 0 aliphatic heterocycles. The minimum absolute atomic E-state index is 0.176. The Labute approximate surface area is 101 Å². The lowest BCUT2D eigenvalue weighted by Gasteiger charge is -2.00. The SMILES string of the molecule is Cc1ccc(C=CCS(=O)(=O)C=[N+]=[N-])c(C)c1. The molecule has 1 aromatic carbocycles. The van der Waals surface area contributed by atoms with E-state index in [9.17, 15) is 8.42 Å². The summed E-state index contributed by atoms with van der Waals surface area (Å²) in [5.74, 6) is -0.176. The van der Waals surface area contributed by atoms with Crippen LogP contribution >= 0.6 is 0 Å². The first-order chi connectivity index (χ1) is 7.94. The van der Waals surface area contributed by atoms with Gasteiger partial charge in [-0.3, -0.25) is 0 Å². The van der Waals surface area contributed by atoms with Crippen molar-refractivity contribution in [3.05, 3.63) is 46.5 Å². The zero-order valence-electron chi connectivity index (χ0n) is 9.79. The maximum absolute atomic E-state index is 11.2. The second-order valence-electron chi connectivity index (χ2n) is 3.81. The topological polar surface area (TPSA) is 70.5 Å². The van der Waals surface area contributed by atoms with Crippen molar-refractivity contribution in [2.45, 2.75) is 13.8 Å². The Kier molecular flexibility index (Phi) is 4.37. The van der Waals surface area contributed by atoms with Crippen LogP contribution in [0.1, 0.15) is 16.7 Å². The molecule has 0 aliphatic carbocycles. The summed E-state index contributed by atoms with van der Waals surface area (Å²) in [5, 5.41) is 0. The van der Waals surface area contributed by atoms with Crippen molar-refractivity contribution < 1.29 is 13.2 Å². The van der Waals surface area contributed by atoms with Crippen LogP contribution in [-0.2, 0) is 9.84 Å². The monoisotopic (exact) mass is 250 g/mol. The fraction of sp³-hybridized carbons (Fsp3) is 0.250. The third-order valence-electron chi connectivity index (χ3n) is 2.26. The van der Waals surface area contributed by atoms with E-state index in [1.807, 2.05) is 32.0 Å². The Bertz CT molecular complexity index is 583. The average molecular weight is 250 g/mol. The highest BCUT2D eigenvalue weighted by molar-refractivity contribution is 8.04. The van der Waals surface area contributed by atoms with Crippen LogP contribution < -0.4 is 0 Å². The van der Waals surface area contributed by atoms with E-state index in [2.05, 4.69) is 4.79 Å². The summed E-state index contributed by atoms with van der Waals surface area (Å²) in [4.78, 5) is 2.52. The van der Waals surface area contributed by atoms with Gasteiger partial charge in [0.25, 0.3) is 0 Å². The number of aryl methyl sites for hydroxylation is 2. The summed E-state index contributed by atoms with van der Waals surface area (Å²) in [6.45, 7) is 3.97. The number of hydrogen-bond acceptors (Lipinski definition) is 2. The van der Waals surface area contributed by atoms with E-state index in [1.165, 1.54) is 11.6 Å². The molecule has 0 unspecified atom stereocenters. The smallest absolute Gasteiger partial charge is 0.361 e. The van der Waals surface area contributed by atoms with Gasteiger partial charge in [0.1, 0.15) is 0 Å². The van der Waals surface area contributed by atoms with E-state index < -0.39 is 9.84 Å². The highest BCUT2D eigenvalue weighted by Gasteiger charge is 2.08. The summed E-state index contributed by atoms with van der Waals surface area (Å²) in [7, 11) is -3.45. The molecule has 4 nitrogen and oxygen atoms in total. The van der Waals surface area contributed by atoms with E-state index in [0.29, 0.717) is 5.55 Å². The van der Waals surface area contributed by atoms with E-state index in [-0.39, 0.29) is 5.75 Å². The Morgan fingerprint density at radius 2 is 2.06 bits per heavy atom. The number of benzene rings is 1. The Morgan fingerprint density at radius 1 is 1.35 bits per heavy atom. The molecule has 0 aliphatic rings. The lowest BCUT2D eigenvalue weighted by Crippen LogP contribution is -2.05. The van der Waals surface area contributed by atoms with Gasteiger partial charge < -0.3 is 5.53 Å². The van der Waals surface area contributed by atoms with Gasteiger partial charge in [-0.1, -0.05) is 35.9 Å². The molecule has 0 amide bonds. The highest BCUT2D eigenvalue weighted by atomic mass is 32.2. The summed E-state index contributed by atoms with van der Waals surface area (Å²) in [6.07, 6.45) is 3.28. The highest BCUT2D eigenvalue weighted by Crippen LogP contribution is 2.12. The number of nitrogens with zero attached hydrogens (tertiary/aromatic N) is 2. The van der Waals surface area contributed by atoms with E-state index in [4.69, 9.17) is 5.53 Å². The molecule has 0 heterocycles. The molecular weight excluding hydrogens is 236 g/mol. The molecule has 0 atom stereocenters. The Morgan fingerprint density at radius 3 is 2.65 bits per heavy atom. The van der Waals surface area contributed by atoms with Crippen molar-refractivity contribution in [2.24, 2.45) is 0 Å². The van der Waals surface area contributed by atoms with Crippen molar-refractivity contribution >= 4 is 21.5 Å². The van der Waals surface area contributed by atoms with Crippen molar-refractivity contribution in [1.29, 1.82) is 0 Å². The molecule has 0 spiro atoms. The zero-order chi connectivity index (χ0) is 12.9. The van der Waals surface area contributed by atoms with Gasteiger partial charge in [0.15, 0.2) is 0 Å². The van der Waals surface area contributed by atoms with E-state index in [1.54, 1.807) is 6.08 Å². The third kappa shape index (κ3) is 4.34. The lowest BCUT2D eigenvalue weighted by atomic mass is 10.1. The molecule has 1 rings (SSSR count). The maximum atomic E-state index is 11.2. The largest absolute Gasteiger partial charge is 0.370 e. The van der Waals surface area contributed by atoms with Gasteiger partial charge in [-0.2, -0.15) is 4.79 Å². The van der Waals surface area contributed by atoms with Gasteiger partial charge in [-0.05, 0) is 25.0 Å². The van der Waals surface area contributed by atoms with Crippen LogP contribution in [0.25, 0.3) is 11.6 Å². The van der Waals surface area contributed by atoms with E-state index in [0.717, 1.165) is 11.1 Å². The first-order valence-corrected chi connectivity index (χ1v) is 6.80. The molecule has 0 bridgehead atoms. The van der Waals surface area contributed by atoms with Crippen molar-refractivity contribution in [3.63, 3.8) is 0 Å². The summed E-state index contributed by atoms with van der Waals surface area (Å²) in [5.41, 5.74) is 11.9. The van der Waals surface area contributed by atoms with E-state index >= 15 is 0 Å². The molecule has 0 fully saturated rings. The van der Waals surface area contributed by atoms with Gasteiger partial charge >= 0.3 is 5.55 Å². The van der Waals surface area contributed by atoms with Crippen LogP contribution in [0.15, 0.2) is 24.3 Å².